The Morgan fingerprint density at radius 1 is 0.409 bits per heavy atom. The van der Waals surface area contributed by atoms with E-state index in [1.165, 1.54) is 180 Å². The number of hydrogen-bond acceptors (Lipinski definition) is 3. The van der Waals surface area contributed by atoms with Crippen LogP contribution in [-0.2, 0) is 9.47 Å². The summed E-state index contributed by atoms with van der Waals surface area (Å²) in [5.41, 5.74) is 0. The zero-order valence-corrected chi connectivity index (χ0v) is 30.4. The number of ether oxygens (including phenoxy) is 2. The Morgan fingerprint density at radius 2 is 0.682 bits per heavy atom. The Kier molecular flexibility index (Phi) is 31.7. The number of likely N-dealkylation sites (tertiary alicyclic amines) is 1. The Bertz CT molecular complexity index is 566. The molecule has 0 aromatic heterocycles. The molecule has 1 unspecified atom stereocenters. The maximum Gasteiger partial charge on any atom is 0.0975 e. The van der Waals surface area contributed by atoms with Gasteiger partial charge in [-0.1, -0.05) is 154 Å². The van der Waals surface area contributed by atoms with Crippen LogP contribution in [0.3, 0.4) is 0 Å². The molecule has 44 heavy (non-hydrogen) atoms. The zero-order chi connectivity index (χ0) is 31.6. The summed E-state index contributed by atoms with van der Waals surface area (Å²) in [6.45, 7) is 8.41. The normalized spacial score (nSPS) is 17.6. The fourth-order valence-electron chi connectivity index (χ4n) is 6.41. The maximum absolute atomic E-state index is 6.31. The van der Waals surface area contributed by atoms with E-state index in [9.17, 15) is 0 Å². The second kappa shape index (κ2) is 33.7. The molecule has 2 atom stereocenters. The van der Waals surface area contributed by atoms with Crippen molar-refractivity contribution >= 4 is 0 Å². The first-order chi connectivity index (χ1) is 21.8. The molecule has 0 aromatic rings. The molecule has 0 N–H and O–H groups in total. The van der Waals surface area contributed by atoms with E-state index in [0.29, 0.717) is 0 Å². The van der Waals surface area contributed by atoms with Crippen LogP contribution in [0.15, 0.2) is 24.3 Å². The molecule has 0 saturated carbocycles. The highest BCUT2D eigenvalue weighted by Gasteiger charge is 2.32. The van der Waals surface area contributed by atoms with E-state index >= 15 is 0 Å². The van der Waals surface area contributed by atoms with Crippen LogP contribution in [0.1, 0.15) is 194 Å². The molecule has 1 saturated heterocycles. The summed E-state index contributed by atoms with van der Waals surface area (Å²) < 4.78 is 12.6. The summed E-state index contributed by atoms with van der Waals surface area (Å²) in [5.74, 6) is 0. The number of likely N-dealkylation sites (N-methyl/N-ethyl adjacent to an activating group) is 1. The average Bonchev–Trinajstić information content (AvgIpc) is 3.38. The highest BCUT2D eigenvalue weighted by atomic mass is 16.5. The average molecular weight is 618 g/mol. The van der Waals surface area contributed by atoms with Crippen molar-refractivity contribution in [1.29, 1.82) is 0 Å². The van der Waals surface area contributed by atoms with Crippen molar-refractivity contribution in [2.24, 2.45) is 0 Å². The lowest BCUT2D eigenvalue weighted by atomic mass is 10.1. The van der Waals surface area contributed by atoms with Crippen LogP contribution in [0.5, 0.6) is 0 Å². The van der Waals surface area contributed by atoms with Crippen LogP contribution in [-0.4, -0.2) is 50.5 Å². The van der Waals surface area contributed by atoms with Crippen molar-refractivity contribution in [3.63, 3.8) is 0 Å². The van der Waals surface area contributed by atoms with Gasteiger partial charge in [-0.15, -0.1) is 0 Å². The molecular weight excluding hydrogens is 538 g/mol. The summed E-state index contributed by atoms with van der Waals surface area (Å²) >= 11 is 0. The third-order valence-electron chi connectivity index (χ3n) is 9.37. The van der Waals surface area contributed by atoms with Crippen LogP contribution < -0.4 is 0 Å². The minimum absolute atomic E-state index is 0.261. The molecule has 1 fully saturated rings. The second-order valence-electron chi connectivity index (χ2n) is 13.9. The van der Waals surface area contributed by atoms with Crippen LogP contribution >= 0.6 is 0 Å². The molecule has 1 aliphatic heterocycles. The van der Waals surface area contributed by atoms with Crippen LogP contribution in [0, 0.1) is 0 Å². The molecule has 0 aliphatic carbocycles. The molecule has 3 nitrogen and oxygen atoms in total. The van der Waals surface area contributed by atoms with E-state index in [-0.39, 0.29) is 12.2 Å². The van der Waals surface area contributed by atoms with E-state index in [0.717, 1.165) is 26.3 Å². The van der Waals surface area contributed by atoms with Crippen molar-refractivity contribution in [3.05, 3.63) is 24.3 Å². The molecule has 1 aliphatic rings. The Labute approximate surface area is 277 Å². The fraction of sp³-hybridized carbons (Fsp3) is 0.902. The van der Waals surface area contributed by atoms with E-state index in [4.69, 9.17) is 9.47 Å². The molecule has 0 radical (unpaired) electrons. The third-order valence-corrected chi connectivity index (χ3v) is 9.37. The van der Waals surface area contributed by atoms with Gasteiger partial charge in [-0.3, -0.25) is 0 Å². The van der Waals surface area contributed by atoms with Gasteiger partial charge in [-0.25, -0.2) is 0 Å². The molecule has 3 heteroatoms. The Hall–Kier alpha value is -0.640. The van der Waals surface area contributed by atoms with Crippen LogP contribution in [0.4, 0.5) is 0 Å². The van der Waals surface area contributed by atoms with Gasteiger partial charge >= 0.3 is 0 Å². The summed E-state index contributed by atoms with van der Waals surface area (Å²) in [7, 11) is 2.20. The Balaban J connectivity index is 1.87. The van der Waals surface area contributed by atoms with Gasteiger partial charge in [0.1, 0.15) is 0 Å². The fourth-order valence-corrected chi connectivity index (χ4v) is 6.41. The number of unbranched alkanes of at least 4 members (excludes halogenated alkanes) is 24. The van der Waals surface area contributed by atoms with Crippen molar-refractivity contribution in [2.45, 2.75) is 206 Å². The largest absolute Gasteiger partial charge is 0.374 e. The lowest BCUT2D eigenvalue weighted by Gasteiger charge is -2.20. The van der Waals surface area contributed by atoms with Crippen molar-refractivity contribution < 1.29 is 9.47 Å². The first kappa shape index (κ1) is 41.4. The van der Waals surface area contributed by atoms with E-state index in [1.807, 2.05) is 0 Å². The predicted octanol–water partition coefficient (Wildman–Crippen LogP) is 12.8. The topological polar surface area (TPSA) is 21.7 Å². The Morgan fingerprint density at radius 3 is 1.00 bits per heavy atom. The van der Waals surface area contributed by atoms with Crippen LogP contribution in [0.25, 0.3) is 0 Å². The van der Waals surface area contributed by atoms with Gasteiger partial charge in [0, 0.05) is 26.3 Å². The first-order valence-electron chi connectivity index (χ1n) is 20.0. The SMILES string of the molecule is CCCCCCCC/C=C\CCCCCCCCOC1CN(C)C[C@H]1OCCCCCCCC/C=C\CCCCCCCC. The van der Waals surface area contributed by atoms with Gasteiger partial charge in [-0.05, 0) is 71.3 Å². The van der Waals surface area contributed by atoms with Crippen molar-refractivity contribution in [3.8, 4) is 0 Å². The number of hydrogen-bond donors (Lipinski definition) is 0. The van der Waals surface area contributed by atoms with Gasteiger partial charge in [0.05, 0.1) is 12.2 Å². The molecule has 260 valence electrons. The standard InChI is InChI=1S/C41H79NO2/c1-4-6-8-10-12-14-16-18-20-22-24-26-28-30-32-34-36-43-40-38-42(3)39-41(40)44-37-35-33-31-29-27-25-23-21-19-17-15-13-11-9-7-5-2/h18-21,40-41H,4-17,22-39H2,1-3H3/b20-18-,21-19-/t40-,41?/m1/s1. The van der Waals surface area contributed by atoms with Gasteiger partial charge in [0.2, 0.25) is 0 Å². The molecule has 1 rings (SSSR count). The summed E-state index contributed by atoms with van der Waals surface area (Å²) in [6.07, 6.45) is 48.1. The zero-order valence-electron chi connectivity index (χ0n) is 30.4. The van der Waals surface area contributed by atoms with Gasteiger partial charge < -0.3 is 14.4 Å². The minimum atomic E-state index is 0.261. The minimum Gasteiger partial charge on any atom is -0.374 e. The van der Waals surface area contributed by atoms with Crippen molar-refractivity contribution in [2.75, 3.05) is 33.4 Å². The molecule has 0 aromatic carbocycles. The highest BCUT2D eigenvalue weighted by molar-refractivity contribution is 4.85. The summed E-state index contributed by atoms with van der Waals surface area (Å²) in [6, 6.07) is 0. The molecular formula is C41H79NO2. The first-order valence-corrected chi connectivity index (χ1v) is 20.0. The number of nitrogens with zero attached hydrogens (tertiary/aromatic N) is 1. The lowest BCUT2D eigenvalue weighted by molar-refractivity contribution is -0.0481. The number of rotatable bonds is 34. The van der Waals surface area contributed by atoms with Gasteiger partial charge in [0.15, 0.2) is 0 Å². The van der Waals surface area contributed by atoms with E-state index in [2.05, 4.69) is 50.1 Å². The summed E-state index contributed by atoms with van der Waals surface area (Å²) in [5, 5.41) is 0. The van der Waals surface area contributed by atoms with Crippen molar-refractivity contribution in [1.82, 2.24) is 4.90 Å². The molecule has 0 bridgehead atoms. The molecule has 1 heterocycles. The van der Waals surface area contributed by atoms with Crippen LogP contribution in [0.2, 0.25) is 0 Å². The maximum atomic E-state index is 6.31. The summed E-state index contributed by atoms with van der Waals surface area (Å²) in [4.78, 5) is 2.37. The second-order valence-corrected chi connectivity index (χ2v) is 13.9. The smallest absolute Gasteiger partial charge is 0.0975 e. The lowest BCUT2D eigenvalue weighted by Crippen LogP contribution is -2.30. The predicted molar refractivity (Wildman–Crippen MR) is 196 cm³/mol. The van der Waals surface area contributed by atoms with Gasteiger partial charge in [0.25, 0.3) is 0 Å². The van der Waals surface area contributed by atoms with E-state index in [1.54, 1.807) is 0 Å². The molecule has 0 amide bonds. The monoisotopic (exact) mass is 618 g/mol. The third kappa shape index (κ3) is 27.7. The van der Waals surface area contributed by atoms with Gasteiger partial charge in [-0.2, -0.15) is 0 Å². The molecule has 0 spiro atoms. The number of allylic oxidation sites excluding steroid dienone is 4. The van der Waals surface area contributed by atoms with E-state index < -0.39 is 0 Å². The highest BCUT2D eigenvalue weighted by Crippen LogP contribution is 2.18. The quantitative estimate of drug-likeness (QED) is 0.0529.